The molecule has 0 unspecified atom stereocenters. The minimum absolute atomic E-state index is 0.0567. The van der Waals surface area contributed by atoms with Crippen LogP contribution in [0.15, 0.2) is 53.4 Å². The lowest BCUT2D eigenvalue weighted by Crippen LogP contribution is -2.16. The number of amides is 1. The molecule has 1 amide bonds. The monoisotopic (exact) mass is 557 g/mol. The van der Waals surface area contributed by atoms with Crippen molar-refractivity contribution < 1.29 is 31.1 Å². The van der Waals surface area contributed by atoms with Gasteiger partial charge in [-0.2, -0.15) is 5.26 Å². The molecular weight excluding hydrogens is 542 g/mol. The molecule has 0 aliphatic carbocycles. The Morgan fingerprint density at radius 2 is 1.83 bits per heavy atom. The van der Waals surface area contributed by atoms with Gasteiger partial charge in [0.1, 0.15) is 5.75 Å². The highest BCUT2D eigenvalue weighted by Gasteiger charge is 2.26. The molecule has 3 aromatic rings. The molecule has 0 saturated heterocycles. The molecule has 36 heavy (non-hydrogen) atoms. The van der Waals surface area contributed by atoms with Crippen LogP contribution in [0.25, 0.3) is 0 Å². The van der Waals surface area contributed by atoms with Crippen molar-refractivity contribution in [3.63, 3.8) is 0 Å². The normalized spacial score (nSPS) is 11.6. The molecule has 3 N–H and O–H groups in total. The van der Waals surface area contributed by atoms with Crippen LogP contribution in [-0.4, -0.2) is 14.3 Å². The molecule has 0 aromatic heterocycles. The van der Waals surface area contributed by atoms with Crippen molar-refractivity contribution in [1.82, 2.24) is 0 Å². The maximum absolute atomic E-state index is 15.2. The summed E-state index contributed by atoms with van der Waals surface area (Å²) in [7, 11) is -4.01. The van der Waals surface area contributed by atoms with Gasteiger partial charge in [0.15, 0.2) is 11.6 Å². The average molecular weight is 558 g/mol. The molecule has 0 heterocycles. The van der Waals surface area contributed by atoms with Crippen LogP contribution in [0.5, 0.6) is 11.5 Å². The zero-order valence-corrected chi connectivity index (χ0v) is 20.6. The third-order valence-corrected chi connectivity index (χ3v) is 6.31. The number of sulfonamides is 1. The number of carbonyl (C=O) groups excluding carboxylic acids is 1. The number of halogens is 5. The summed E-state index contributed by atoms with van der Waals surface area (Å²) in [5, 5.41) is 16.3. The van der Waals surface area contributed by atoms with Crippen LogP contribution in [0.2, 0.25) is 10.0 Å². The number of ether oxygens (including phenoxy) is 1. The smallest absolute Gasteiger partial charge is 0.270 e. The lowest BCUT2D eigenvalue weighted by atomic mass is 10.1. The molecule has 0 fully saturated rings. The molecular formula is C23H16Cl2F3N3O4S. The maximum Gasteiger partial charge on any atom is 0.270 e. The minimum Gasteiger partial charge on any atom is -0.453 e. The molecule has 3 rings (SSSR count). The summed E-state index contributed by atoms with van der Waals surface area (Å²) in [4.78, 5) is 12.2. The van der Waals surface area contributed by atoms with Crippen molar-refractivity contribution in [3.05, 3.63) is 81.1 Å². The third-order valence-electron chi connectivity index (χ3n) is 4.79. The molecule has 13 heteroatoms. The second kappa shape index (κ2) is 10.4. The number of nitrogens with zero attached hydrogens (tertiary/aromatic N) is 1. The Morgan fingerprint density at radius 3 is 2.42 bits per heavy atom. The molecule has 3 aromatic carbocycles. The molecule has 0 radical (unpaired) electrons. The highest BCUT2D eigenvalue weighted by molar-refractivity contribution is 7.89. The Bertz CT molecular complexity index is 1500. The van der Waals surface area contributed by atoms with E-state index in [1.807, 2.05) is 0 Å². The number of hydrogen-bond acceptors (Lipinski definition) is 5. The fourth-order valence-corrected chi connectivity index (χ4v) is 4.06. The Kier molecular flexibility index (Phi) is 7.85. The lowest BCUT2D eigenvalue weighted by Gasteiger charge is -2.15. The summed E-state index contributed by atoms with van der Waals surface area (Å²) < 4.78 is 71.0. The van der Waals surface area contributed by atoms with Crippen molar-refractivity contribution in [3.8, 4) is 17.6 Å². The first-order chi connectivity index (χ1) is 16.7. The second-order valence-corrected chi connectivity index (χ2v) is 9.99. The summed E-state index contributed by atoms with van der Waals surface area (Å²) in [6, 6.07) is 10.7. The predicted molar refractivity (Wildman–Crippen MR) is 127 cm³/mol. The van der Waals surface area contributed by atoms with E-state index in [0.29, 0.717) is 6.92 Å². The highest BCUT2D eigenvalue weighted by Crippen LogP contribution is 2.37. The highest BCUT2D eigenvalue weighted by atomic mass is 35.5. The predicted octanol–water partition coefficient (Wildman–Crippen LogP) is 5.74. The van der Waals surface area contributed by atoms with E-state index in [-0.39, 0.29) is 37.5 Å². The number of primary sulfonamides is 1. The van der Waals surface area contributed by atoms with Gasteiger partial charge in [-0.1, -0.05) is 29.3 Å². The third kappa shape index (κ3) is 6.47. The van der Waals surface area contributed by atoms with Crippen LogP contribution >= 0.6 is 23.2 Å². The van der Waals surface area contributed by atoms with Gasteiger partial charge in [0.25, 0.3) is 5.92 Å². The van der Waals surface area contributed by atoms with Gasteiger partial charge >= 0.3 is 0 Å². The van der Waals surface area contributed by atoms with Gasteiger partial charge in [-0.05, 0) is 42.5 Å². The Labute approximate surface area is 214 Å². The second-order valence-electron chi connectivity index (χ2n) is 7.61. The molecule has 0 aliphatic heterocycles. The van der Waals surface area contributed by atoms with Crippen molar-refractivity contribution in [2.45, 2.75) is 24.2 Å². The van der Waals surface area contributed by atoms with Gasteiger partial charge in [-0.3, -0.25) is 4.79 Å². The van der Waals surface area contributed by atoms with E-state index in [2.05, 4.69) is 5.32 Å². The van der Waals surface area contributed by atoms with Crippen LogP contribution < -0.4 is 15.2 Å². The van der Waals surface area contributed by atoms with Crippen LogP contribution in [0.4, 0.5) is 18.9 Å². The Hall–Kier alpha value is -3.30. The Morgan fingerprint density at radius 1 is 1.14 bits per heavy atom. The maximum atomic E-state index is 15.2. The first-order valence-electron chi connectivity index (χ1n) is 9.89. The lowest BCUT2D eigenvalue weighted by molar-refractivity contribution is -0.115. The molecule has 0 atom stereocenters. The SMILES string of the molecule is CC(F)(F)c1cc(C#N)cc(Oc2c(Cl)ccc(CC(=O)Nc3ccc(S(N)(=O)=O)cc3Cl)c2F)c1. The van der Waals surface area contributed by atoms with Gasteiger partial charge in [-0.25, -0.2) is 26.7 Å². The van der Waals surface area contributed by atoms with Crippen LogP contribution in [0.3, 0.4) is 0 Å². The summed E-state index contributed by atoms with van der Waals surface area (Å²) >= 11 is 12.0. The number of nitrogens with one attached hydrogen (secondary N) is 1. The van der Waals surface area contributed by atoms with Crippen molar-refractivity contribution in [1.29, 1.82) is 5.26 Å². The molecule has 0 aliphatic rings. The molecule has 0 bridgehead atoms. The van der Waals surface area contributed by atoms with E-state index in [9.17, 15) is 22.0 Å². The van der Waals surface area contributed by atoms with Crippen molar-refractivity contribution >= 4 is 44.8 Å². The number of rotatable bonds is 7. The topological polar surface area (TPSA) is 122 Å². The average Bonchev–Trinajstić information content (AvgIpc) is 2.78. The van der Waals surface area contributed by atoms with Crippen molar-refractivity contribution in [2.24, 2.45) is 5.14 Å². The molecule has 0 saturated carbocycles. The van der Waals surface area contributed by atoms with Gasteiger partial charge in [0, 0.05) is 18.1 Å². The zero-order chi connectivity index (χ0) is 26.8. The largest absolute Gasteiger partial charge is 0.453 e. The number of nitrogens with two attached hydrogens (primary N) is 1. The number of benzene rings is 3. The van der Waals surface area contributed by atoms with Crippen LogP contribution in [-0.2, 0) is 27.2 Å². The van der Waals surface area contributed by atoms with Gasteiger partial charge in [0.2, 0.25) is 15.9 Å². The van der Waals surface area contributed by atoms with E-state index in [1.165, 1.54) is 18.2 Å². The summed E-state index contributed by atoms with van der Waals surface area (Å²) in [5.41, 5.74) is -0.752. The van der Waals surface area contributed by atoms with Crippen molar-refractivity contribution in [2.75, 3.05) is 5.32 Å². The summed E-state index contributed by atoms with van der Waals surface area (Å²) in [6.07, 6.45) is -0.511. The molecule has 188 valence electrons. The fourth-order valence-electron chi connectivity index (χ4n) is 3.04. The van der Waals surface area contributed by atoms with Crippen LogP contribution in [0.1, 0.15) is 23.6 Å². The number of nitriles is 1. The number of alkyl halides is 2. The summed E-state index contributed by atoms with van der Waals surface area (Å²) in [6.45, 7) is 0.634. The zero-order valence-electron chi connectivity index (χ0n) is 18.3. The van der Waals surface area contributed by atoms with Crippen LogP contribution in [0, 0.1) is 17.1 Å². The van der Waals surface area contributed by atoms with E-state index >= 15 is 4.39 Å². The summed E-state index contributed by atoms with van der Waals surface area (Å²) in [5.74, 6) is -5.82. The van der Waals surface area contributed by atoms with Gasteiger partial charge in [0.05, 0.1) is 38.7 Å². The minimum atomic E-state index is -4.01. The molecule has 0 spiro atoms. The van der Waals surface area contributed by atoms with E-state index < -0.39 is 45.4 Å². The Balaban J connectivity index is 1.86. The first-order valence-corrected chi connectivity index (χ1v) is 12.2. The fraction of sp³-hybridized carbons (Fsp3) is 0.130. The quantitative estimate of drug-likeness (QED) is 0.383. The number of hydrogen-bond donors (Lipinski definition) is 2. The number of anilines is 1. The van der Waals surface area contributed by atoms with E-state index in [0.717, 1.165) is 30.3 Å². The van der Waals surface area contributed by atoms with Gasteiger partial charge < -0.3 is 10.1 Å². The standard InChI is InChI=1S/C23H16Cl2F3N3O4S/c1-23(27,28)14-6-12(11-29)7-15(9-14)35-22-17(24)4-2-13(21(22)26)8-20(32)31-19-5-3-16(10-18(19)25)36(30,33)34/h2-7,9-10H,8H2,1H3,(H,31,32)(H2,30,33,34). The first kappa shape index (κ1) is 27.3. The van der Waals surface area contributed by atoms with E-state index in [1.54, 1.807) is 6.07 Å². The van der Waals surface area contributed by atoms with E-state index in [4.69, 9.17) is 38.3 Å². The van der Waals surface area contributed by atoms with Gasteiger partial charge in [-0.15, -0.1) is 0 Å². The number of carbonyl (C=O) groups is 1. The molecule has 7 nitrogen and oxygen atoms in total.